The zero-order valence-corrected chi connectivity index (χ0v) is 10.7. The zero-order valence-electron chi connectivity index (χ0n) is 9.91. The molecule has 0 saturated heterocycles. The van der Waals surface area contributed by atoms with Gasteiger partial charge < -0.3 is 11.1 Å². The predicted octanol–water partition coefficient (Wildman–Crippen LogP) is 2.65. The van der Waals surface area contributed by atoms with E-state index in [4.69, 9.17) is 5.73 Å². The van der Waals surface area contributed by atoms with Crippen molar-refractivity contribution in [3.63, 3.8) is 0 Å². The van der Waals surface area contributed by atoms with Gasteiger partial charge in [0.15, 0.2) is 0 Å². The second kappa shape index (κ2) is 7.66. The molecule has 0 aromatic heterocycles. The molecule has 6 heteroatoms. The third-order valence-corrected chi connectivity index (χ3v) is 3.42. The number of hydrogen-bond acceptors (Lipinski definition) is 3. The summed E-state index contributed by atoms with van der Waals surface area (Å²) in [7, 11) is 0. The van der Waals surface area contributed by atoms with Gasteiger partial charge in [-0.25, -0.2) is 0 Å². The fraction of sp³-hybridized carbons (Fsp3) is 0.500. The van der Waals surface area contributed by atoms with Gasteiger partial charge >= 0.3 is 6.18 Å². The molecule has 1 aromatic rings. The van der Waals surface area contributed by atoms with Gasteiger partial charge in [0.25, 0.3) is 0 Å². The van der Waals surface area contributed by atoms with Crippen LogP contribution in [0.1, 0.15) is 6.42 Å². The Bertz CT molecular complexity index is 330. The van der Waals surface area contributed by atoms with Crippen molar-refractivity contribution >= 4 is 11.8 Å². The number of nitrogens with one attached hydrogen (secondary N) is 1. The molecule has 0 spiro atoms. The lowest BCUT2D eigenvalue weighted by molar-refractivity contribution is -0.124. The van der Waals surface area contributed by atoms with E-state index in [-0.39, 0.29) is 12.6 Å². The van der Waals surface area contributed by atoms with E-state index in [9.17, 15) is 13.2 Å². The molecular formula is C12H17F3N2S. The maximum Gasteiger partial charge on any atom is 0.401 e. The van der Waals surface area contributed by atoms with Crippen molar-refractivity contribution in [2.75, 3.05) is 18.8 Å². The summed E-state index contributed by atoms with van der Waals surface area (Å²) in [5.41, 5.74) is 5.83. The second-order valence-electron chi connectivity index (χ2n) is 3.96. The van der Waals surface area contributed by atoms with Crippen LogP contribution < -0.4 is 11.1 Å². The molecule has 0 saturated carbocycles. The molecule has 2 nitrogen and oxygen atoms in total. The van der Waals surface area contributed by atoms with Crippen LogP contribution >= 0.6 is 11.8 Å². The molecular weight excluding hydrogens is 261 g/mol. The summed E-state index contributed by atoms with van der Waals surface area (Å²) in [6, 6.07) is 9.69. The van der Waals surface area contributed by atoms with Crippen molar-refractivity contribution in [1.29, 1.82) is 0 Å². The highest BCUT2D eigenvalue weighted by atomic mass is 32.2. The first kappa shape index (κ1) is 15.3. The number of hydrogen-bond donors (Lipinski definition) is 2. The third kappa shape index (κ3) is 7.58. The van der Waals surface area contributed by atoms with Gasteiger partial charge in [-0.15, -0.1) is 11.8 Å². The SMILES string of the molecule is N[C@H](CCNCC(F)(F)F)CSc1ccccc1. The number of alkyl halides is 3. The van der Waals surface area contributed by atoms with Crippen LogP contribution in [0.2, 0.25) is 0 Å². The fourth-order valence-corrected chi connectivity index (χ4v) is 2.24. The van der Waals surface area contributed by atoms with Crippen molar-refractivity contribution < 1.29 is 13.2 Å². The standard InChI is InChI=1S/C12H17F3N2S/c13-12(14,15)9-17-7-6-10(16)8-18-11-4-2-1-3-5-11/h1-5,10,17H,6-9,16H2/t10-/m1/s1. The minimum absolute atomic E-state index is 0.101. The van der Waals surface area contributed by atoms with Gasteiger partial charge in [-0.2, -0.15) is 13.2 Å². The first-order valence-corrected chi connectivity index (χ1v) is 6.67. The van der Waals surface area contributed by atoms with Gasteiger partial charge in [-0.1, -0.05) is 18.2 Å². The number of benzene rings is 1. The first-order chi connectivity index (χ1) is 8.47. The Morgan fingerprint density at radius 2 is 1.89 bits per heavy atom. The average Bonchev–Trinajstić information content (AvgIpc) is 2.32. The van der Waals surface area contributed by atoms with Gasteiger partial charge in [-0.05, 0) is 25.1 Å². The molecule has 0 fully saturated rings. The lowest BCUT2D eigenvalue weighted by Gasteiger charge is -2.12. The van der Waals surface area contributed by atoms with E-state index in [0.29, 0.717) is 12.2 Å². The average molecular weight is 278 g/mol. The van der Waals surface area contributed by atoms with Crippen molar-refractivity contribution in [3.8, 4) is 0 Å². The summed E-state index contributed by atoms with van der Waals surface area (Å²) in [6.07, 6.45) is -3.61. The van der Waals surface area contributed by atoms with Crippen LogP contribution in [0.4, 0.5) is 13.2 Å². The first-order valence-electron chi connectivity index (χ1n) is 5.68. The van der Waals surface area contributed by atoms with Crippen molar-refractivity contribution in [2.24, 2.45) is 5.73 Å². The molecule has 0 unspecified atom stereocenters. The minimum atomic E-state index is -4.15. The number of halogens is 3. The van der Waals surface area contributed by atoms with Crippen LogP contribution in [0.5, 0.6) is 0 Å². The molecule has 1 rings (SSSR count). The third-order valence-electron chi connectivity index (χ3n) is 2.22. The Balaban J connectivity index is 2.09. The molecule has 0 bridgehead atoms. The summed E-state index contributed by atoms with van der Waals surface area (Å²) in [5, 5.41) is 2.34. The van der Waals surface area contributed by atoms with Crippen LogP contribution in [0.3, 0.4) is 0 Å². The van der Waals surface area contributed by atoms with Gasteiger partial charge in [0.1, 0.15) is 0 Å². The van der Waals surface area contributed by atoms with E-state index in [2.05, 4.69) is 5.32 Å². The van der Waals surface area contributed by atoms with Crippen LogP contribution in [-0.2, 0) is 0 Å². The summed E-state index contributed by atoms with van der Waals surface area (Å²) in [6.45, 7) is -0.665. The lowest BCUT2D eigenvalue weighted by atomic mass is 10.2. The van der Waals surface area contributed by atoms with Gasteiger partial charge in [0, 0.05) is 16.7 Å². The Kier molecular flexibility index (Phi) is 6.52. The van der Waals surface area contributed by atoms with E-state index in [0.717, 1.165) is 4.90 Å². The van der Waals surface area contributed by atoms with Crippen LogP contribution in [-0.4, -0.2) is 31.1 Å². The van der Waals surface area contributed by atoms with E-state index in [1.807, 2.05) is 30.3 Å². The Morgan fingerprint density at radius 3 is 2.50 bits per heavy atom. The molecule has 0 aliphatic rings. The predicted molar refractivity (Wildman–Crippen MR) is 68.7 cm³/mol. The molecule has 0 aliphatic carbocycles. The molecule has 18 heavy (non-hydrogen) atoms. The molecule has 0 aliphatic heterocycles. The normalized spacial score (nSPS) is 13.6. The van der Waals surface area contributed by atoms with E-state index in [1.54, 1.807) is 11.8 Å². The van der Waals surface area contributed by atoms with Crippen LogP contribution in [0, 0.1) is 0 Å². The fourth-order valence-electron chi connectivity index (χ4n) is 1.32. The summed E-state index contributed by atoms with van der Waals surface area (Å²) < 4.78 is 35.6. The van der Waals surface area contributed by atoms with Crippen LogP contribution in [0.15, 0.2) is 35.2 Å². The van der Waals surface area contributed by atoms with Crippen LogP contribution in [0.25, 0.3) is 0 Å². The topological polar surface area (TPSA) is 38.0 Å². The monoisotopic (exact) mass is 278 g/mol. The van der Waals surface area contributed by atoms with Crippen molar-refractivity contribution in [3.05, 3.63) is 30.3 Å². The Hall–Kier alpha value is -0.720. The summed E-state index contributed by atoms with van der Waals surface area (Å²) in [5.74, 6) is 0.706. The smallest absolute Gasteiger partial charge is 0.327 e. The number of rotatable bonds is 7. The molecule has 3 N–H and O–H groups in total. The quantitative estimate of drug-likeness (QED) is 0.595. The highest BCUT2D eigenvalue weighted by molar-refractivity contribution is 7.99. The molecule has 1 aromatic carbocycles. The van der Waals surface area contributed by atoms with Gasteiger partial charge in [0.05, 0.1) is 6.54 Å². The van der Waals surface area contributed by atoms with E-state index in [1.165, 1.54) is 0 Å². The van der Waals surface area contributed by atoms with Gasteiger partial charge in [-0.3, -0.25) is 0 Å². The minimum Gasteiger partial charge on any atom is -0.327 e. The maximum absolute atomic E-state index is 11.9. The summed E-state index contributed by atoms with van der Waals surface area (Å²) in [4.78, 5) is 1.12. The number of thioether (sulfide) groups is 1. The van der Waals surface area contributed by atoms with Gasteiger partial charge in [0.2, 0.25) is 0 Å². The van der Waals surface area contributed by atoms with Crippen molar-refractivity contribution in [2.45, 2.75) is 23.5 Å². The van der Waals surface area contributed by atoms with Crippen molar-refractivity contribution in [1.82, 2.24) is 5.32 Å². The molecule has 0 heterocycles. The number of nitrogens with two attached hydrogens (primary N) is 1. The zero-order chi connectivity index (χ0) is 13.4. The highest BCUT2D eigenvalue weighted by Crippen LogP contribution is 2.18. The lowest BCUT2D eigenvalue weighted by Crippen LogP contribution is -2.33. The van der Waals surface area contributed by atoms with E-state index < -0.39 is 12.7 Å². The largest absolute Gasteiger partial charge is 0.401 e. The second-order valence-corrected chi connectivity index (χ2v) is 5.06. The Labute approximate surface area is 109 Å². The molecule has 1 atom stereocenters. The summed E-state index contributed by atoms with van der Waals surface area (Å²) >= 11 is 1.62. The maximum atomic E-state index is 11.9. The highest BCUT2D eigenvalue weighted by Gasteiger charge is 2.25. The molecule has 0 amide bonds. The Morgan fingerprint density at radius 1 is 1.22 bits per heavy atom. The van der Waals surface area contributed by atoms with E-state index >= 15 is 0 Å². The molecule has 102 valence electrons. The molecule has 0 radical (unpaired) electrons.